The molecule has 1 N–H and O–H groups in total. The van der Waals surface area contributed by atoms with Gasteiger partial charge in [-0.3, -0.25) is 4.79 Å². The second-order valence-electron chi connectivity index (χ2n) is 5.84. The molecule has 0 aliphatic heterocycles. The van der Waals surface area contributed by atoms with Crippen LogP contribution in [0.15, 0.2) is 24.3 Å². The average Bonchev–Trinajstić information content (AvgIpc) is 2.98. The number of halogens is 1. The molecule has 1 aromatic carbocycles. The summed E-state index contributed by atoms with van der Waals surface area (Å²) in [5, 5.41) is 16.5. The van der Waals surface area contributed by atoms with Gasteiger partial charge in [0, 0.05) is 16.0 Å². The van der Waals surface area contributed by atoms with Crippen molar-refractivity contribution < 1.29 is 4.79 Å². The number of aromatic nitrogens is 4. The summed E-state index contributed by atoms with van der Waals surface area (Å²) in [7, 11) is 0. The molecule has 0 unspecified atom stereocenters. The molecule has 114 valence electrons. The Morgan fingerprint density at radius 2 is 1.91 bits per heavy atom. The summed E-state index contributed by atoms with van der Waals surface area (Å²) in [6.45, 7) is 5.55. The fourth-order valence-electron chi connectivity index (χ4n) is 1.73. The smallest absolute Gasteiger partial charge is 0.236 e. The standard InChI is InChI=1S/C14H14ClN5OS/c1-14(2,3)11(21)16-12-19-20-10(17-18-13(20)22-12)8-4-6-9(15)7-5-8/h4-7H,1-3H3,(H,16,19,21). The van der Waals surface area contributed by atoms with E-state index in [4.69, 9.17) is 11.6 Å². The third-order valence-corrected chi connectivity index (χ3v) is 4.06. The van der Waals surface area contributed by atoms with Gasteiger partial charge in [-0.25, -0.2) is 0 Å². The van der Waals surface area contributed by atoms with E-state index in [1.165, 1.54) is 11.3 Å². The Morgan fingerprint density at radius 3 is 2.55 bits per heavy atom. The highest BCUT2D eigenvalue weighted by atomic mass is 35.5. The fraction of sp³-hybridized carbons (Fsp3) is 0.286. The molecule has 2 heterocycles. The van der Waals surface area contributed by atoms with Gasteiger partial charge >= 0.3 is 0 Å². The number of amides is 1. The van der Waals surface area contributed by atoms with Gasteiger partial charge in [0.05, 0.1) is 0 Å². The molecule has 2 aromatic heterocycles. The summed E-state index contributed by atoms with van der Waals surface area (Å²) >= 11 is 7.17. The highest BCUT2D eigenvalue weighted by Crippen LogP contribution is 2.26. The van der Waals surface area contributed by atoms with Gasteiger partial charge in [-0.15, -0.1) is 15.3 Å². The predicted octanol–water partition coefficient (Wildman–Crippen LogP) is 3.49. The molecule has 22 heavy (non-hydrogen) atoms. The lowest BCUT2D eigenvalue weighted by Gasteiger charge is -2.15. The second kappa shape index (κ2) is 5.33. The number of carbonyl (C=O) groups excluding carboxylic acids is 1. The Kier molecular flexibility index (Phi) is 3.62. The van der Waals surface area contributed by atoms with E-state index in [-0.39, 0.29) is 5.91 Å². The Morgan fingerprint density at radius 1 is 1.23 bits per heavy atom. The maximum absolute atomic E-state index is 12.0. The fourth-order valence-corrected chi connectivity index (χ4v) is 2.59. The number of carbonyl (C=O) groups is 1. The van der Waals surface area contributed by atoms with Crippen molar-refractivity contribution >= 4 is 38.9 Å². The molecule has 0 aliphatic carbocycles. The number of anilines is 1. The highest BCUT2D eigenvalue weighted by molar-refractivity contribution is 7.20. The van der Waals surface area contributed by atoms with Gasteiger partial charge in [0.1, 0.15) is 0 Å². The van der Waals surface area contributed by atoms with E-state index in [1.807, 2.05) is 32.9 Å². The van der Waals surface area contributed by atoms with Crippen molar-refractivity contribution in [2.45, 2.75) is 20.8 Å². The number of hydrogen-bond acceptors (Lipinski definition) is 5. The van der Waals surface area contributed by atoms with Crippen molar-refractivity contribution in [2.24, 2.45) is 5.41 Å². The zero-order valence-electron chi connectivity index (χ0n) is 12.3. The summed E-state index contributed by atoms with van der Waals surface area (Å²) in [4.78, 5) is 12.6. The van der Waals surface area contributed by atoms with Crippen LogP contribution in [0.4, 0.5) is 5.13 Å². The van der Waals surface area contributed by atoms with Crippen LogP contribution < -0.4 is 5.32 Å². The van der Waals surface area contributed by atoms with Gasteiger partial charge in [0.15, 0.2) is 5.82 Å². The Balaban J connectivity index is 1.95. The lowest BCUT2D eigenvalue weighted by molar-refractivity contribution is -0.123. The Hall–Kier alpha value is -1.99. The largest absolute Gasteiger partial charge is 0.300 e. The summed E-state index contributed by atoms with van der Waals surface area (Å²) in [6.07, 6.45) is 0. The molecule has 0 radical (unpaired) electrons. The van der Waals surface area contributed by atoms with Gasteiger partial charge in [0.2, 0.25) is 16.0 Å². The summed E-state index contributed by atoms with van der Waals surface area (Å²) < 4.78 is 1.62. The second-order valence-corrected chi connectivity index (χ2v) is 7.23. The predicted molar refractivity (Wildman–Crippen MR) is 87.2 cm³/mol. The van der Waals surface area contributed by atoms with Crippen LogP contribution in [-0.4, -0.2) is 25.7 Å². The van der Waals surface area contributed by atoms with Gasteiger partial charge in [-0.1, -0.05) is 43.7 Å². The van der Waals surface area contributed by atoms with E-state index in [2.05, 4.69) is 20.6 Å². The first-order valence-corrected chi connectivity index (χ1v) is 7.84. The van der Waals surface area contributed by atoms with E-state index in [0.29, 0.717) is 20.9 Å². The maximum Gasteiger partial charge on any atom is 0.236 e. The molecule has 0 atom stereocenters. The number of nitrogens with one attached hydrogen (secondary N) is 1. The first kappa shape index (κ1) is 14.9. The molecule has 3 rings (SSSR count). The number of hydrogen-bond donors (Lipinski definition) is 1. The quantitative estimate of drug-likeness (QED) is 0.778. The third kappa shape index (κ3) is 2.82. The molecule has 0 bridgehead atoms. The van der Waals surface area contributed by atoms with Gasteiger partial charge in [-0.2, -0.15) is 4.52 Å². The number of nitrogens with zero attached hydrogens (tertiary/aromatic N) is 4. The molecule has 0 saturated heterocycles. The van der Waals surface area contributed by atoms with Crippen molar-refractivity contribution in [2.75, 3.05) is 5.32 Å². The van der Waals surface area contributed by atoms with Gasteiger partial charge in [0.25, 0.3) is 0 Å². The van der Waals surface area contributed by atoms with Crippen LogP contribution >= 0.6 is 22.9 Å². The monoisotopic (exact) mass is 335 g/mol. The Bertz CT molecular complexity index is 831. The highest BCUT2D eigenvalue weighted by Gasteiger charge is 2.23. The first-order chi connectivity index (χ1) is 10.3. The molecule has 1 amide bonds. The lowest BCUT2D eigenvalue weighted by atomic mass is 9.96. The zero-order valence-corrected chi connectivity index (χ0v) is 13.9. The molecule has 3 aromatic rings. The van der Waals surface area contributed by atoms with Crippen LogP contribution in [0.1, 0.15) is 20.8 Å². The SMILES string of the molecule is CC(C)(C)C(=O)Nc1nn2c(-c3ccc(Cl)cc3)nnc2s1. The topological polar surface area (TPSA) is 72.2 Å². The number of fused-ring (bicyclic) bond motifs is 1. The molecule has 0 saturated carbocycles. The van der Waals surface area contributed by atoms with Crippen molar-refractivity contribution in [3.05, 3.63) is 29.3 Å². The molecular formula is C14H14ClN5OS. The molecule has 6 nitrogen and oxygen atoms in total. The van der Waals surface area contributed by atoms with Crippen LogP contribution in [0.5, 0.6) is 0 Å². The number of rotatable bonds is 2. The van der Waals surface area contributed by atoms with Crippen molar-refractivity contribution in [1.29, 1.82) is 0 Å². The van der Waals surface area contributed by atoms with Crippen molar-refractivity contribution in [3.63, 3.8) is 0 Å². The summed E-state index contributed by atoms with van der Waals surface area (Å²) in [5.74, 6) is 0.518. The van der Waals surface area contributed by atoms with Crippen LogP contribution in [0, 0.1) is 5.41 Å². The normalized spacial score (nSPS) is 11.8. The number of benzene rings is 1. The molecule has 0 spiro atoms. The van der Waals surface area contributed by atoms with Crippen LogP contribution in [0.3, 0.4) is 0 Å². The van der Waals surface area contributed by atoms with Gasteiger partial charge in [-0.05, 0) is 24.3 Å². The minimum atomic E-state index is -0.481. The van der Waals surface area contributed by atoms with E-state index in [9.17, 15) is 4.79 Å². The van der Waals surface area contributed by atoms with E-state index in [1.54, 1.807) is 16.6 Å². The van der Waals surface area contributed by atoms with Crippen molar-refractivity contribution in [3.8, 4) is 11.4 Å². The zero-order chi connectivity index (χ0) is 15.9. The van der Waals surface area contributed by atoms with E-state index in [0.717, 1.165) is 5.56 Å². The van der Waals surface area contributed by atoms with Gasteiger partial charge < -0.3 is 5.32 Å². The van der Waals surface area contributed by atoms with E-state index < -0.39 is 5.41 Å². The van der Waals surface area contributed by atoms with Crippen molar-refractivity contribution in [1.82, 2.24) is 19.8 Å². The third-order valence-electron chi connectivity index (χ3n) is 2.99. The summed E-state index contributed by atoms with van der Waals surface area (Å²) in [5.41, 5.74) is 0.376. The van der Waals surface area contributed by atoms with E-state index >= 15 is 0 Å². The minimum absolute atomic E-state index is 0.0921. The van der Waals surface area contributed by atoms with Crippen LogP contribution in [-0.2, 0) is 4.79 Å². The molecule has 8 heteroatoms. The molecule has 0 fully saturated rings. The first-order valence-electron chi connectivity index (χ1n) is 6.64. The lowest BCUT2D eigenvalue weighted by Crippen LogP contribution is -2.27. The molecule has 0 aliphatic rings. The van der Waals surface area contributed by atoms with Crippen LogP contribution in [0.25, 0.3) is 16.3 Å². The maximum atomic E-state index is 12.0. The minimum Gasteiger partial charge on any atom is -0.300 e. The summed E-state index contributed by atoms with van der Waals surface area (Å²) in [6, 6.07) is 7.27. The average molecular weight is 336 g/mol. The van der Waals surface area contributed by atoms with Crippen LogP contribution in [0.2, 0.25) is 5.02 Å². The molecular weight excluding hydrogens is 322 g/mol. The Labute approximate surface area is 136 Å².